The third-order valence-corrected chi connectivity index (χ3v) is 7.81. The van der Waals surface area contributed by atoms with Crippen LogP contribution in [-0.2, 0) is 17.8 Å². The Morgan fingerprint density at radius 3 is 2.69 bits per heavy atom. The summed E-state index contributed by atoms with van der Waals surface area (Å²) in [6, 6.07) is 11.8. The third kappa shape index (κ3) is 3.79. The molecule has 0 radical (unpaired) electrons. The van der Waals surface area contributed by atoms with E-state index in [1.165, 1.54) is 11.3 Å². The molecule has 1 atom stereocenters. The summed E-state index contributed by atoms with van der Waals surface area (Å²) in [5, 5.41) is 5.33. The molecule has 0 aromatic carbocycles. The molecule has 6 nitrogen and oxygen atoms in total. The summed E-state index contributed by atoms with van der Waals surface area (Å²) in [5.74, 6) is 0.534. The first-order valence-electron chi connectivity index (χ1n) is 11.4. The Kier molecular flexibility index (Phi) is 5.67. The van der Waals surface area contributed by atoms with E-state index in [1.807, 2.05) is 47.2 Å². The van der Waals surface area contributed by atoms with E-state index >= 15 is 0 Å². The molecule has 3 aromatic heterocycles. The molecule has 1 N–H and O–H groups in total. The molecule has 1 aliphatic heterocycles. The van der Waals surface area contributed by atoms with Crippen molar-refractivity contribution in [3.63, 3.8) is 0 Å². The van der Waals surface area contributed by atoms with E-state index in [0.717, 1.165) is 37.8 Å². The molecule has 0 spiro atoms. The SMILES string of the molecule is CC1(C(=O)NC2CCCCC2)Cn2c(ccc2-c2ccco2)C(=O)N1CCc1cccs1. The van der Waals surface area contributed by atoms with Gasteiger partial charge in [-0.15, -0.1) is 11.3 Å². The molecule has 2 aliphatic rings. The molecule has 7 heteroatoms. The summed E-state index contributed by atoms with van der Waals surface area (Å²) in [4.78, 5) is 30.4. The van der Waals surface area contributed by atoms with Gasteiger partial charge in [-0.25, -0.2) is 0 Å². The summed E-state index contributed by atoms with van der Waals surface area (Å²) in [6.07, 6.45) is 7.91. The lowest BCUT2D eigenvalue weighted by molar-refractivity contribution is -0.133. The predicted octanol–water partition coefficient (Wildman–Crippen LogP) is 4.72. The molecule has 0 bridgehead atoms. The molecule has 5 rings (SSSR count). The van der Waals surface area contributed by atoms with Crippen LogP contribution < -0.4 is 5.32 Å². The van der Waals surface area contributed by atoms with E-state index in [4.69, 9.17) is 4.42 Å². The van der Waals surface area contributed by atoms with Gasteiger partial charge in [-0.05, 0) is 61.9 Å². The van der Waals surface area contributed by atoms with Gasteiger partial charge in [0.1, 0.15) is 17.0 Å². The molecule has 1 unspecified atom stereocenters. The van der Waals surface area contributed by atoms with Crippen LogP contribution in [0.25, 0.3) is 11.5 Å². The number of amides is 2. The highest BCUT2D eigenvalue weighted by atomic mass is 32.1. The number of carbonyl (C=O) groups excluding carboxylic acids is 2. The maximum atomic E-state index is 13.7. The Morgan fingerprint density at radius 1 is 1.16 bits per heavy atom. The van der Waals surface area contributed by atoms with Crippen molar-refractivity contribution in [2.75, 3.05) is 6.54 Å². The number of rotatable bonds is 6. The number of nitrogens with one attached hydrogen (secondary N) is 1. The Hall–Kier alpha value is -2.80. The highest BCUT2D eigenvalue weighted by molar-refractivity contribution is 7.09. The summed E-state index contributed by atoms with van der Waals surface area (Å²) >= 11 is 1.68. The molecule has 32 heavy (non-hydrogen) atoms. The van der Waals surface area contributed by atoms with Gasteiger partial charge in [0.2, 0.25) is 5.91 Å². The standard InChI is InChI=1S/C25H29N3O3S/c1-25(24(30)26-18-7-3-2-4-8-18)17-27-20(22-10-5-15-31-22)11-12-21(27)23(29)28(25)14-13-19-9-6-16-32-19/h5-6,9-12,15-16,18H,2-4,7-8,13-14,17H2,1H3,(H,26,30). The number of hydrogen-bond donors (Lipinski definition) is 1. The van der Waals surface area contributed by atoms with Gasteiger partial charge in [0, 0.05) is 17.5 Å². The van der Waals surface area contributed by atoms with Crippen LogP contribution in [0.2, 0.25) is 0 Å². The van der Waals surface area contributed by atoms with Crippen molar-refractivity contribution in [2.24, 2.45) is 0 Å². The Balaban J connectivity index is 1.48. The number of hydrogen-bond acceptors (Lipinski definition) is 4. The second-order valence-electron chi connectivity index (χ2n) is 9.04. The van der Waals surface area contributed by atoms with E-state index in [0.29, 0.717) is 24.5 Å². The quantitative estimate of drug-likeness (QED) is 0.590. The van der Waals surface area contributed by atoms with Crippen molar-refractivity contribution in [1.29, 1.82) is 0 Å². The van der Waals surface area contributed by atoms with Crippen LogP contribution in [0.15, 0.2) is 52.5 Å². The van der Waals surface area contributed by atoms with Gasteiger partial charge in [0.15, 0.2) is 0 Å². The minimum atomic E-state index is -0.973. The zero-order valence-electron chi connectivity index (χ0n) is 18.4. The van der Waals surface area contributed by atoms with Crippen LogP contribution >= 0.6 is 11.3 Å². The van der Waals surface area contributed by atoms with Crippen LogP contribution in [0.5, 0.6) is 0 Å². The predicted molar refractivity (Wildman–Crippen MR) is 125 cm³/mol. The number of nitrogens with zero attached hydrogens (tertiary/aromatic N) is 2. The van der Waals surface area contributed by atoms with Crippen molar-refractivity contribution in [1.82, 2.24) is 14.8 Å². The number of furan rings is 1. The van der Waals surface area contributed by atoms with E-state index in [-0.39, 0.29) is 17.9 Å². The average molecular weight is 452 g/mol. The molecule has 1 fully saturated rings. The molecule has 2 amide bonds. The van der Waals surface area contributed by atoms with Crippen LogP contribution in [0.1, 0.15) is 54.4 Å². The second kappa shape index (κ2) is 8.62. The summed E-state index contributed by atoms with van der Waals surface area (Å²) in [6.45, 7) is 2.82. The number of fused-ring (bicyclic) bond motifs is 1. The molecule has 0 saturated heterocycles. The monoisotopic (exact) mass is 451 g/mol. The minimum Gasteiger partial charge on any atom is -0.463 e. The maximum absolute atomic E-state index is 13.7. The van der Waals surface area contributed by atoms with Gasteiger partial charge in [-0.3, -0.25) is 9.59 Å². The van der Waals surface area contributed by atoms with Gasteiger partial charge < -0.3 is 19.2 Å². The van der Waals surface area contributed by atoms with Crippen molar-refractivity contribution in [3.05, 3.63) is 58.6 Å². The van der Waals surface area contributed by atoms with Crippen molar-refractivity contribution < 1.29 is 14.0 Å². The summed E-state index contributed by atoms with van der Waals surface area (Å²) in [5.41, 5.74) is 0.456. The van der Waals surface area contributed by atoms with Crippen LogP contribution in [0.3, 0.4) is 0 Å². The Labute approximate surface area is 192 Å². The third-order valence-electron chi connectivity index (χ3n) is 6.87. The fourth-order valence-electron chi connectivity index (χ4n) is 5.03. The molecular formula is C25H29N3O3S. The molecule has 1 aliphatic carbocycles. The molecular weight excluding hydrogens is 422 g/mol. The lowest BCUT2D eigenvalue weighted by Crippen LogP contribution is -2.65. The highest BCUT2D eigenvalue weighted by Gasteiger charge is 2.48. The van der Waals surface area contributed by atoms with E-state index in [1.54, 1.807) is 22.5 Å². The molecule has 3 aromatic rings. The van der Waals surface area contributed by atoms with Crippen LogP contribution in [0, 0.1) is 0 Å². The molecule has 168 valence electrons. The lowest BCUT2D eigenvalue weighted by Gasteiger charge is -2.45. The van der Waals surface area contributed by atoms with E-state index in [2.05, 4.69) is 11.4 Å². The normalized spacial score (nSPS) is 21.5. The van der Waals surface area contributed by atoms with Gasteiger partial charge in [-0.1, -0.05) is 25.3 Å². The fraction of sp³-hybridized carbons (Fsp3) is 0.440. The number of aromatic nitrogens is 1. The van der Waals surface area contributed by atoms with Crippen molar-refractivity contribution >= 4 is 23.2 Å². The zero-order valence-corrected chi connectivity index (χ0v) is 19.2. The molecule has 4 heterocycles. The first-order chi connectivity index (χ1) is 15.6. The fourth-order valence-corrected chi connectivity index (χ4v) is 5.73. The van der Waals surface area contributed by atoms with Crippen LogP contribution in [0.4, 0.5) is 0 Å². The first kappa shape index (κ1) is 21.1. The number of thiophene rings is 1. The van der Waals surface area contributed by atoms with Crippen molar-refractivity contribution in [2.45, 2.75) is 63.6 Å². The average Bonchev–Trinajstić information content (AvgIpc) is 3.56. The van der Waals surface area contributed by atoms with Gasteiger partial charge in [0.05, 0.1) is 18.5 Å². The largest absolute Gasteiger partial charge is 0.463 e. The minimum absolute atomic E-state index is 0.0614. The van der Waals surface area contributed by atoms with Crippen molar-refractivity contribution in [3.8, 4) is 11.5 Å². The van der Waals surface area contributed by atoms with E-state index in [9.17, 15) is 9.59 Å². The Bertz CT molecular complexity index is 1080. The topological polar surface area (TPSA) is 67.5 Å². The van der Waals surface area contributed by atoms with Crippen LogP contribution in [-0.4, -0.2) is 39.4 Å². The number of carbonyl (C=O) groups is 2. The van der Waals surface area contributed by atoms with Gasteiger partial charge >= 0.3 is 0 Å². The summed E-state index contributed by atoms with van der Waals surface area (Å²) < 4.78 is 7.56. The van der Waals surface area contributed by atoms with Gasteiger partial charge in [0.25, 0.3) is 5.91 Å². The summed E-state index contributed by atoms with van der Waals surface area (Å²) in [7, 11) is 0. The highest BCUT2D eigenvalue weighted by Crippen LogP contribution is 2.34. The lowest BCUT2D eigenvalue weighted by atomic mass is 9.91. The second-order valence-corrected chi connectivity index (χ2v) is 10.1. The first-order valence-corrected chi connectivity index (χ1v) is 12.3. The van der Waals surface area contributed by atoms with E-state index < -0.39 is 5.54 Å². The maximum Gasteiger partial charge on any atom is 0.271 e. The molecule has 1 saturated carbocycles. The zero-order chi connectivity index (χ0) is 22.1. The Morgan fingerprint density at radius 2 is 1.97 bits per heavy atom. The smallest absolute Gasteiger partial charge is 0.271 e. The van der Waals surface area contributed by atoms with Gasteiger partial charge in [-0.2, -0.15) is 0 Å².